The predicted octanol–water partition coefficient (Wildman–Crippen LogP) is 1.82. The Kier molecular flexibility index (Phi) is 8.34. The molecule has 3 heteroatoms. The number of carbonyl (C=O) groups excluding carboxylic acids is 1. The molecule has 0 aliphatic heterocycles. The molecule has 70 valence electrons. The zero-order chi connectivity index (χ0) is 9.23. The third-order valence-corrected chi connectivity index (χ3v) is 2.44. The molecule has 0 radical (unpaired) electrons. The van der Waals surface area contributed by atoms with Crippen LogP contribution in [0.3, 0.4) is 0 Å². The van der Waals surface area contributed by atoms with Gasteiger partial charge in [-0.25, -0.2) is 0 Å². The summed E-state index contributed by atoms with van der Waals surface area (Å²) in [4.78, 5) is 10.7. The van der Waals surface area contributed by atoms with Crippen LogP contribution in [-0.2, 0) is 4.79 Å². The molecule has 0 atom stereocenters. The fourth-order valence-electron chi connectivity index (χ4n) is 0.667. The number of hydrogen-bond acceptors (Lipinski definition) is 2. The maximum Gasteiger partial charge on any atom is 0.243 e. The molecule has 0 aliphatic carbocycles. The second kappa shape index (κ2) is 8.65. The molecule has 1 amide bonds. The number of unbranched alkanes of at least 4 members (excludes halogenated alkanes) is 1. The Hall–Kier alpha value is -0.440. The summed E-state index contributed by atoms with van der Waals surface area (Å²) >= 11 is 1.88. The van der Waals surface area contributed by atoms with Crippen molar-refractivity contribution in [2.24, 2.45) is 0 Å². The molecule has 0 aromatic carbocycles. The van der Waals surface area contributed by atoms with Crippen LogP contribution >= 0.6 is 11.8 Å². The van der Waals surface area contributed by atoms with Crippen LogP contribution < -0.4 is 5.32 Å². The summed E-state index contributed by atoms with van der Waals surface area (Å²) in [7, 11) is 0. The highest BCUT2D eigenvalue weighted by molar-refractivity contribution is 7.99. The monoisotopic (exact) mass is 187 g/mol. The number of amides is 1. The standard InChI is InChI=1S/C9H17NOS/c1-3-5-7-12-8-6-10-9(11)4-2/h4H,2-3,5-8H2,1H3,(H,10,11). The fourth-order valence-corrected chi connectivity index (χ4v) is 1.61. The van der Waals surface area contributed by atoms with Crippen LogP contribution in [-0.4, -0.2) is 24.0 Å². The van der Waals surface area contributed by atoms with Crippen molar-refractivity contribution in [1.82, 2.24) is 5.32 Å². The molecular formula is C9H17NOS. The highest BCUT2D eigenvalue weighted by Crippen LogP contribution is 2.02. The largest absolute Gasteiger partial charge is 0.352 e. The average Bonchev–Trinajstić information content (AvgIpc) is 2.10. The maximum atomic E-state index is 10.7. The van der Waals surface area contributed by atoms with Gasteiger partial charge in [0.05, 0.1) is 0 Å². The molecule has 1 N–H and O–H groups in total. The van der Waals surface area contributed by atoms with Gasteiger partial charge in [-0.1, -0.05) is 19.9 Å². The summed E-state index contributed by atoms with van der Waals surface area (Å²) in [6, 6.07) is 0. The zero-order valence-corrected chi connectivity index (χ0v) is 8.45. The molecule has 12 heavy (non-hydrogen) atoms. The minimum Gasteiger partial charge on any atom is -0.352 e. The molecule has 0 rings (SSSR count). The molecule has 0 spiro atoms. The van der Waals surface area contributed by atoms with Gasteiger partial charge < -0.3 is 5.32 Å². The number of carbonyl (C=O) groups is 1. The first-order valence-electron chi connectivity index (χ1n) is 4.29. The number of rotatable bonds is 7. The lowest BCUT2D eigenvalue weighted by molar-refractivity contribution is -0.116. The van der Waals surface area contributed by atoms with Gasteiger partial charge >= 0.3 is 0 Å². The van der Waals surface area contributed by atoms with Crippen molar-refractivity contribution in [3.63, 3.8) is 0 Å². The molecule has 2 nitrogen and oxygen atoms in total. The molecular weight excluding hydrogens is 170 g/mol. The third-order valence-electron chi connectivity index (χ3n) is 1.37. The van der Waals surface area contributed by atoms with Gasteiger partial charge in [0.1, 0.15) is 0 Å². The predicted molar refractivity (Wildman–Crippen MR) is 55.4 cm³/mol. The van der Waals surface area contributed by atoms with Crippen molar-refractivity contribution >= 4 is 17.7 Å². The van der Waals surface area contributed by atoms with Crippen LogP contribution in [0.2, 0.25) is 0 Å². The van der Waals surface area contributed by atoms with Crippen molar-refractivity contribution in [2.75, 3.05) is 18.1 Å². The van der Waals surface area contributed by atoms with E-state index in [1.165, 1.54) is 24.7 Å². The van der Waals surface area contributed by atoms with Crippen LogP contribution in [0.4, 0.5) is 0 Å². The molecule has 0 unspecified atom stereocenters. The normalized spacial score (nSPS) is 9.42. The Morgan fingerprint density at radius 2 is 2.33 bits per heavy atom. The number of thioether (sulfide) groups is 1. The third kappa shape index (κ3) is 7.66. The van der Waals surface area contributed by atoms with Crippen LogP contribution in [0, 0.1) is 0 Å². The smallest absolute Gasteiger partial charge is 0.243 e. The SMILES string of the molecule is C=CC(=O)NCCSCCCC. The highest BCUT2D eigenvalue weighted by Gasteiger charge is 1.92. The van der Waals surface area contributed by atoms with E-state index in [1.54, 1.807) is 0 Å². The Morgan fingerprint density at radius 3 is 2.92 bits per heavy atom. The van der Waals surface area contributed by atoms with Gasteiger partial charge in [0.15, 0.2) is 0 Å². The Balaban J connectivity index is 3.00. The topological polar surface area (TPSA) is 29.1 Å². The second-order valence-corrected chi connectivity index (χ2v) is 3.69. The van der Waals surface area contributed by atoms with E-state index in [-0.39, 0.29) is 5.91 Å². The van der Waals surface area contributed by atoms with Gasteiger partial charge in [-0.15, -0.1) is 0 Å². The van der Waals surface area contributed by atoms with E-state index in [1.807, 2.05) is 11.8 Å². The van der Waals surface area contributed by atoms with Gasteiger partial charge in [-0.2, -0.15) is 11.8 Å². The van der Waals surface area contributed by atoms with E-state index in [0.717, 1.165) is 12.3 Å². The van der Waals surface area contributed by atoms with Crippen LogP contribution in [0.1, 0.15) is 19.8 Å². The van der Waals surface area contributed by atoms with Crippen molar-refractivity contribution in [3.05, 3.63) is 12.7 Å². The average molecular weight is 187 g/mol. The van der Waals surface area contributed by atoms with E-state index < -0.39 is 0 Å². The van der Waals surface area contributed by atoms with E-state index in [9.17, 15) is 4.79 Å². The lowest BCUT2D eigenvalue weighted by atomic mass is 10.4. The molecule has 0 saturated heterocycles. The van der Waals surface area contributed by atoms with Crippen LogP contribution in [0.15, 0.2) is 12.7 Å². The Bertz CT molecular complexity index is 136. The van der Waals surface area contributed by atoms with Gasteiger partial charge in [0, 0.05) is 12.3 Å². The number of nitrogens with one attached hydrogen (secondary N) is 1. The minimum atomic E-state index is -0.0777. The summed E-state index contributed by atoms with van der Waals surface area (Å²) in [5, 5.41) is 2.73. The summed E-state index contributed by atoms with van der Waals surface area (Å²) in [6.07, 6.45) is 3.81. The van der Waals surface area contributed by atoms with Gasteiger partial charge in [0.2, 0.25) is 5.91 Å². The molecule has 0 aromatic heterocycles. The first-order valence-corrected chi connectivity index (χ1v) is 5.44. The van der Waals surface area contributed by atoms with E-state index in [0.29, 0.717) is 0 Å². The molecule has 0 aromatic rings. The van der Waals surface area contributed by atoms with Gasteiger partial charge in [-0.05, 0) is 18.2 Å². The quantitative estimate of drug-likeness (QED) is 0.486. The summed E-state index contributed by atoms with van der Waals surface area (Å²) < 4.78 is 0. The van der Waals surface area contributed by atoms with Crippen LogP contribution in [0.25, 0.3) is 0 Å². The minimum absolute atomic E-state index is 0.0777. The molecule has 0 saturated carbocycles. The highest BCUT2D eigenvalue weighted by atomic mass is 32.2. The first-order chi connectivity index (χ1) is 5.81. The summed E-state index contributed by atoms with van der Waals surface area (Å²) in [6.45, 7) is 6.30. The Morgan fingerprint density at radius 1 is 1.58 bits per heavy atom. The van der Waals surface area contributed by atoms with Crippen LogP contribution in [0.5, 0.6) is 0 Å². The van der Waals surface area contributed by atoms with Crippen molar-refractivity contribution < 1.29 is 4.79 Å². The molecule has 0 bridgehead atoms. The molecule has 0 aliphatic rings. The van der Waals surface area contributed by atoms with Crippen molar-refractivity contribution in [3.8, 4) is 0 Å². The van der Waals surface area contributed by atoms with Gasteiger partial charge in [0.25, 0.3) is 0 Å². The second-order valence-electron chi connectivity index (χ2n) is 2.46. The van der Waals surface area contributed by atoms with Crippen molar-refractivity contribution in [2.45, 2.75) is 19.8 Å². The first kappa shape index (κ1) is 11.6. The van der Waals surface area contributed by atoms with E-state index in [4.69, 9.17) is 0 Å². The number of hydrogen-bond donors (Lipinski definition) is 1. The lowest BCUT2D eigenvalue weighted by Crippen LogP contribution is -2.23. The van der Waals surface area contributed by atoms with Crippen molar-refractivity contribution in [1.29, 1.82) is 0 Å². The lowest BCUT2D eigenvalue weighted by Gasteiger charge is -2.01. The summed E-state index contributed by atoms with van der Waals surface area (Å²) in [5.41, 5.74) is 0. The van der Waals surface area contributed by atoms with Gasteiger partial charge in [-0.3, -0.25) is 4.79 Å². The van der Waals surface area contributed by atoms with E-state index in [2.05, 4.69) is 18.8 Å². The zero-order valence-electron chi connectivity index (χ0n) is 7.64. The fraction of sp³-hybridized carbons (Fsp3) is 0.667. The van der Waals surface area contributed by atoms with E-state index >= 15 is 0 Å². The maximum absolute atomic E-state index is 10.7. The molecule has 0 fully saturated rings. The Labute approximate surface area is 78.8 Å². The summed E-state index contributed by atoms with van der Waals surface area (Å²) in [5.74, 6) is 2.12. The molecule has 0 heterocycles.